The van der Waals surface area contributed by atoms with Gasteiger partial charge < -0.3 is 5.11 Å². The van der Waals surface area contributed by atoms with Crippen LogP contribution in [-0.2, 0) is 0 Å². The van der Waals surface area contributed by atoms with Crippen LogP contribution < -0.4 is 0 Å². The summed E-state index contributed by atoms with van der Waals surface area (Å²) in [5.41, 5.74) is 0. The van der Waals surface area contributed by atoms with Crippen LogP contribution in [0, 0.1) is 0 Å². The zero-order valence-electron chi connectivity index (χ0n) is 5.53. The molecule has 3 heteroatoms. The van der Waals surface area contributed by atoms with Crippen molar-refractivity contribution < 1.29 is 5.11 Å². The zero-order chi connectivity index (χ0) is 7.40. The molecule has 0 saturated heterocycles. The van der Waals surface area contributed by atoms with Gasteiger partial charge in [0.05, 0.1) is 6.10 Å². The van der Waals surface area contributed by atoms with E-state index in [0.29, 0.717) is 0 Å². The van der Waals surface area contributed by atoms with E-state index in [9.17, 15) is 5.11 Å². The first-order chi connectivity index (χ1) is 4.84. The van der Waals surface area contributed by atoms with E-state index in [1.54, 1.807) is 11.3 Å². The number of rotatable bonds is 3. The number of thiol groups is 1. The highest BCUT2D eigenvalue weighted by Crippen LogP contribution is 2.21. The maximum Gasteiger partial charge on any atom is 0.0889 e. The third-order valence-electron chi connectivity index (χ3n) is 1.27. The van der Waals surface area contributed by atoms with E-state index in [1.807, 2.05) is 17.5 Å². The molecule has 1 unspecified atom stereocenters. The Morgan fingerprint density at radius 2 is 2.50 bits per heavy atom. The molecule has 0 aliphatic rings. The van der Waals surface area contributed by atoms with Gasteiger partial charge in [0.15, 0.2) is 0 Å². The average molecular weight is 174 g/mol. The van der Waals surface area contributed by atoms with Crippen molar-refractivity contribution in [3.05, 3.63) is 22.4 Å². The molecule has 10 heavy (non-hydrogen) atoms. The summed E-state index contributed by atoms with van der Waals surface area (Å²) in [6.45, 7) is 0. The Labute approximate surface area is 70.1 Å². The standard InChI is InChI=1S/C7H10OS2/c8-6(3-4-9)7-2-1-5-10-7/h1-2,5-6,8-9H,3-4H2. The molecule has 1 rings (SSSR count). The lowest BCUT2D eigenvalue weighted by Gasteiger charge is -2.03. The van der Waals surface area contributed by atoms with Crippen LogP contribution in [0.25, 0.3) is 0 Å². The third kappa shape index (κ3) is 2.01. The molecule has 1 N–H and O–H groups in total. The van der Waals surface area contributed by atoms with Crippen molar-refractivity contribution in [2.24, 2.45) is 0 Å². The van der Waals surface area contributed by atoms with E-state index in [4.69, 9.17) is 0 Å². The van der Waals surface area contributed by atoms with E-state index < -0.39 is 0 Å². The molecule has 0 bridgehead atoms. The molecule has 0 radical (unpaired) electrons. The molecule has 0 spiro atoms. The Hall–Kier alpha value is 0.01000. The van der Waals surface area contributed by atoms with Gasteiger partial charge in [0.25, 0.3) is 0 Å². The van der Waals surface area contributed by atoms with Gasteiger partial charge in [-0.05, 0) is 23.6 Å². The molecule has 1 heterocycles. The normalized spacial score (nSPS) is 13.4. The van der Waals surface area contributed by atoms with Gasteiger partial charge in [-0.2, -0.15) is 12.6 Å². The second kappa shape index (κ2) is 4.01. The summed E-state index contributed by atoms with van der Waals surface area (Å²) in [4.78, 5) is 1.04. The SMILES string of the molecule is OC(CCS)c1cccs1. The van der Waals surface area contributed by atoms with Crippen molar-refractivity contribution in [1.29, 1.82) is 0 Å². The Morgan fingerprint density at radius 1 is 1.70 bits per heavy atom. The molecule has 1 atom stereocenters. The van der Waals surface area contributed by atoms with E-state index in [0.717, 1.165) is 17.1 Å². The highest BCUT2D eigenvalue weighted by Gasteiger charge is 2.05. The van der Waals surface area contributed by atoms with Gasteiger partial charge in [0.1, 0.15) is 0 Å². The van der Waals surface area contributed by atoms with E-state index in [2.05, 4.69) is 12.6 Å². The molecule has 1 aromatic rings. The molecule has 0 fully saturated rings. The molecule has 0 amide bonds. The molecule has 1 aromatic heterocycles. The lowest BCUT2D eigenvalue weighted by molar-refractivity contribution is 0.179. The number of thiophene rings is 1. The molecule has 0 aliphatic heterocycles. The summed E-state index contributed by atoms with van der Waals surface area (Å²) >= 11 is 5.62. The van der Waals surface area contributed by atoms with Crippen LogP contribution in [0.5, 0.6) is 0 Å². The van der Waals surface area contributed by atoms with Gasteiger partial charge in [-0.1, -0.05) is 6.07 Å². The summed E-state index contributed by atoms with van der Waals surface area (Å²) in [6, 6.07) is 3.89. The smallest absolute Gasteiger partial charge is 0.0889 e. The lowest BCUT2D eigenvalue weighted by atomic mass is 10.2. The van der Waals surface area contributed by atoms with Crippen molar-refractivity contribution in [1.82, 2.24) is 0 Å². The fraction of sp³-hybridized carbons (Fsp3) is 0.429. The second-order valence-corrected chi connectivity index (χ2v) is 3.47. The number of aliphatic hydroxyl groups excluding tert-OH is 1. The van der Waals surface area contributed by atoms with Crippen LogP contribution >= 0.6 is 24.0 Å². The fourth-order valence-electron chi connectivity index (χ4n) is 0.745. The Kier molecular flexibility index (Phi) is 3.25. The van der Waals surface area contributed by atoms with Gasteiger partial charge in [0, 0.05) is 4.88 Å². The first-order valence-electron chi connectivity index (χ1n) is 3.17. The van der Waals surface area contributed by atoms with Gasteiger partial charge in [-0.3, -0.25) is 0 Å². The van der Waals surface area contributed by atoms with Gasteiger partial charge in [-0.15, -0.1) is 11.3 Å². The van der Waals surface area contributed by atoms with Crippen molar-refractivity contribution >= 4 is 24.0 Å². The molecular formula is C7H10OS2. The predicted molar refractivity (Wildman–Crippen MR) is 47.7 cm³/mol. The first kappa shape index (κ1) is 8.11. The third-order valence-corrected chi connectivity index (χ3v) is 2.51. The minimum absolute atomic E-state index is 0.308. The van der Waals surface area contributed by atoms with Crippen LogP contribution in [0.15, 0.2) is 17.5 Å². The second-order valence-electron chi connectivity index (χ2n) is 2.04. The highest BCUT2D eigenvalue weighted by atomic mass is 32.1. The predicted octanol–water partition coefficient (Wildman–Crippen LogP) is 2.10. The maximum atomic E-state index is 9.37. The van der Waals surface area contributed by atoms with E-state index in [1.165, 1.54) is 0 Å². The molecular weight excluding hydrogens is 164 g/mol. The average Bonchev–Trinajstić information content (AvgIpc) is 2.38. The molecule has 0 aliphatic carbocycles. The summed E-state index contributed by atoms with van der Waals surface area (Å²) in [5, 5.41) is 11.3. The Morgan fingerprint density at radius 3 is 3.00 bits per heavy atom. The van der Waals surface area contributed by atoms with Crippen LogP contribution in [-0.4, -0.2) is 10.9 Å². The molecule has 56 valence electrons. The number of aliphatic hydroxyl groups is 1. The minimum Gasteiger partial charge on any atom is -0.388 e. The van der Waals surface area contributed by atoms with Crippen LogP contribution in [0.4, 0.5) is 0 Å². The monoisotopic (exact) mass is 174 g/mol. The highest BCUT2D eigenvalue weighted by molar-refractivity contribution is 7.80. The van der Waals surface area contributed by atoms with E-state index in [-0.39, 0.29) is 6.10 Å². The first-order valence-corrected chi connectivity index (χ1v) is 4.68. The molecule has 0 aromatic carbocycles. The van der Waals surface area contributed by atoms with E-state index >= 15 is 0 Å². The van der Waals surface area contributed by atoms with Crippen molar-refractivity contribution in [3.8, 4) is 0 Å². The van der Waals surface area contributed by atoms with Crippen molar-refractivity contribution in [2.75, 3.05) is 5.75 Å². The van der Waals surface area contributed by atoms with Crippen LogP contribution in [0.2, 0.25) is 0 Å². The Balaban J connectivity index is 2.50. The minimum atomic E-state index is -0.308. The number of hydrogen-bond acceptors (Lipinski definition) is 3. The van der Waals surface area contributed by atoms with Crippen LogP contribution in [0.3, 0.4) is 0 Å². The van der Waals surface area contributed by atoms with Crippen molar-refractivity contribution in [3.63, 3.8) is 0 Å². The summed E-state index contributed by atoms with van der Waals surface area (Å²) in [6.07, 6.45) is 0.432. The number of hydrogen-bond donors (Lipinski definition) is 2. The molecule has 1 nitrogen and oxygen atoms in total. The van der Waals surface area contributed by atoms with Gasteiger partial charge >= 0.3 is 0 Å². The van der Waals surface area contributed by atoms with Gasteiger partial charge in [-0.25, -0.2) is 0 Å². The largest absolute Gasteiger partial charge is 0.388 e. The van der Waals surface area contributed by atoms with Gasteiger partial charge in [0.2, 0.25) is 0 Å². The maximum absolute atomic E-state index is 9.37. The topological polar surface area (TPSA) is 20.2 Å². The summed E-state index contributed by atoms with van der Waals surface area (Å²) in [5.74, 6) is 0.735. The zero-order valence-corrected chi connectivity index (χ0v) is 7.24. The fourth-order valence-corrected chi connectivity index (χ4v) is 1.74. The summed E-state index contributed by atoms with van der Waals surface area (Å²) < 4.78 is 0. The quantitative estimate of drug-likeness (QED) is 0.672. The Bertz CT molecular complexity index is 172. The van der Waals surface area contributed by atoms with Crippen molar-refractivity contribution in [2.45, 2.75) is 12.5 Å². The molecule has 0 saturated carbocycles. The summed E-state index contributed by atoms with van der Waals surface area (Å²) in [7, 11) is 0. The van der Waals surface area contributed by atoms with Crippen LogP contribution in [0.1, 0.15) is 17.4 Å². The lowest BCUT2D eigenvalue weighted by Crippen LogP contribution is -1.94.